The van der Waals surface area contributed by atoms with Gasteiger partial charge in [0, 0.05) is 29.3 Å². The first-order valence-corrected chi connectivity index (χ1v) is 11.2. The molecule has 0 spiro atoms. The predicted octanol–water partition coefficient (Wildman–Crippen LogP) is 4.63. The van der Waals surface area contributed by atoms with Crippen molar-refractivity contribution in [2.75, 3.05) is 20.8 Å². The minimum Gasteiger partial charge on any atom is -0.497 e. The van der Waals surface area contributed by atoms with E-state index in [0.717, 1.165) is 34.0 Å². The van der Waals surface area contributed by atoms with Crippen molar-refractivity contribution in [3.8, 4) is 11.5 Å². The van der Waals surface area contributed by atoms with E-state index in [1.807, 2.05) is 55.5 Å². The largest absolute Gasteiger partial charge is 0.497 e. The van der Waals surface area contributed by atoms with Crippen molar-refractivity contribution in [3.05, 3.63) is 82.2 Å². The Hall–Kier alpha value is -3.54. The second-order valence-electron chi connectivity index (χ2n) is 8.28. The second kappa shape index (κ2) is 9.53. The minimum absolute atomic E-state index is 0.0414. The molecule has 1 aliphatic heterocycles. The van der Waals surface area contributed by atoms with Crippen LogP contribution in [0.1, 0.15) is 49.7 Å². The summed E-state index contributed by atoms with van der Waals surface area (Å²) in [5.74, 6) is 0.724. The van der Waals surface area contributed by atoms with Crippen LogP contribution in [0.4, 0.5) is 0 Å². The van der Waals surface area contributed by atoms with E-state index < -0.39 is 11.9 Å². The number of rotatable bonds is 6. The van der Waals surface area contributed by atoms with Crippen molar-refractivity contribution in [2.24, 2.45) is 0 Å². The number of hydrogen-bond acceptors (Lipinski definition) is 6. The van der Waals surface area contributed by atoms with Gasteiger partial charge in [-0.25, -0.2) is 4.79 Å². The highest BCUT2D eigenvalue weighted by Gasteiger charge is 2.41. The van der Waals surface area contributed by atoms with Crippen LogP contribution < -0.4 is 14.8 Å². The van der Waals surface area contributed by atoms with Crippen LogP contribution in [0.15, 0.2) is 71.1 Å². The molecule has 1 heterocycles. The fourth-order valence-electron chi connectivity index (χ4n) is 4.76. The zero-order chi connectivity index (χ0) is 23.5. The molecule has 6 heteroatoms. The van der Waals surface area contributed by atoms with E-state index in [1.54, 1.807) is 21.1 Å². The molecule has 2 aromatic carbocycles. The van der Waals surface area contributed by atoms with Gasteiger partial charge in [-0.15, -0.1) is 0 Å². The van der Waals surface area contributed by atoms with Gasteiger partial charge in [-0.05, 0) is 61.6 Å². The molecule has 172 valence electrons. The van der Waals surface area contributed by atoms with Crippen LogP contribution in [-0.4, -0.2) is 32.6 Å². The van der Waals surface area contributed by atoms with Crippen LogP contribution in [0, 0.1) is 0 Å². The Kier molecular flexibility index (Phi) is 6.54. The van der Waals surface area contributed by atoms with Crippen LogP contribution >= 0.6 is 0 Å². The van der Waals surface area contributed by atoms with Gasteiger partial charge in [0.15, 0.2) is 5.78 Å². The van der Waals surface area contributed by atoms with E-state index in [4.69, 9.17) is 14.2 Å². The molecule has 0 saturated carbocycles. The summed E-state index contributed by atoms with van der Waals surface area (Å²) in [6, 6.07) is 15.4. The Bertz CT molecular complexity index is 1110. The van der Waals surface area contributed by atoms with Gasteiger partial charge in [0.2, 0.25) is 0 Å². The quantitative estimate of drug-likeness (QED) is 0.651. The number of dihydropyridines is 1. The van der Waals surface area contributed by atoms with Gasteiger partial charge in [0.25, 0.3) is 0 Å². The fraction of sp³-hybridized carbons (Fsp3) is 0.333. The molecule has 0 saturated heterocycles. The molecule has 1 N–H and O–H groups in total. The van der Waals surface area contributed by atoms with Crippen LogP contribution in [0.25, 0.3) is 0 Å². The van der Waals surface area contributed by atoms with Gasteiger partial charge >= 0.3 is 5.97 Å². The lowest BCUT2D eigenvalue weighted by Crippen LogP contribution is -2.36. The molecule has 6 nitrogen and oxygen atoms in total. The Balaban J connectivity index is 1.75. The van der Waals surface area contributed by atoms with Crippen molar-refractivity contribution >= 4 is 11.8 Å². The summed E-state index contributed by atoms with van der Waals surface area (Å²) in [7, 11) is 3.25. The number of carbonyl (C=O) groups is 2. The summed E-state index contributed by atoms with van der Waals surface area (Å²) in [4.78, 5) is 26.5. The second-order valence-corrected chi connectivity index (χ2v) is 8.28. The molecule has 2 atom stereocenters. The maximum atomic E-state index is 13.6. The number of carbonyl (C=O) groups excluding carboxylic acids is 2. The maximum Gasteiger partial charge on any atom is 0.336 e. The monoisotopic (exact) mass is 447 g/mol. The third-order valence-electron chi connectivity index (χ3n) is 6.36. The number of allylic oxidation sites excluding steroid dienone is 3. The summed E-state index contributed by atoms with van der Waals surface area (Å²) in [5, 5.41) is 3.37. The van der Waals surface area contributed by atoms with Crippen LogP contribution in [0.3, 0.4) is 0 Å². The standard InChI is InChI=1S/C27H29NO5/c1-5-33-27(30)24-16(2)28-22-14-19(17-6-10-20(31-3)11-7-17)15-23(29)26(22)25(24)18-8-12-21(32-4)13-9-18/h6-13,19,25,28H,5,14-15H2,1-4H3. The first kappa shape index (κ1) is 22.6. The highest BCUT2D eigenvalue weighted by molar-refractivity contribution is 6.04. The zero-order valence-corrected chi connectivity index (χ0v) is 19.4. The van der Waals surface area contributed by atoms with Gasteiger partial charge in [0.1, 0.15) is 11.5 Å². The zero-order valence-electron chi connectivity index (χ0n) is 19.4. The van der Waals surface area contributed by atoms with Gasteiger partial charge in [-0.1, -0.05) is 24.3 Å². The van der Waals surface area contributed by atoms with Crippen LogP contribution in [0.2, 0.25) is 0 Å². The number of ketones is 1. The number of Topliss-reactive ketones (excluding diaryl/α,β-unsaturated/α-hetero) is 1. The summed E-state index contributed by atoms with van der Waals surface area (Å²) < 4.78 is 15.9. The van der Waals surface area contributed by atoms with Crippen LogP contribution in [0.5, 0.6) is 11.5 Å². The molecule has 0 bridgehead atoms. The van der Waals surface area contributed by atoms with E-state index in [2.05, 4.69) is 5.32 Å². The molecule has 0 radical (unpaired) electrons. The minimum atomic E-state index is -0.476. The van der Waals surface area contributed by atoms with Crippen molar-refractivity contribution in [1.82, 2.24) is 5.32 Å². The maximum absolute atomic E-state index is 13.6. The van der Waals surface area contributed by atoms with Crippen molar-refractivity contribution < 1.29 is 23.8 Å². The van der Waals surface area contributed by atoms with Crippen molar-refractivity contribution in [3.63, 3.8) is 0 Å². The third-order valence-corrected chi connectivity index (χ3v) is 6.36. The Morgan fingerprint density at radius 3 is 2.06 bits per heavy atom. The Morgan fingerprint density at radius 1 is 0.939 bits per heavy atom. The molecule has 2 aliphatic rings. The highest BCUT2D eigenvalue weighted by atomic mass is 16.5. The number of esters is 1. The number of benzene rings is 2. The SMILES string of the molecule is CCOC(=O)C1=C(C)NC2=C(C(=O)CC(c3ccc(OC)cc3)C2)C1c1ccc(OC)cc1. The fourth-order valence-corrected chi connectivity index (χ4v) is 4.76. The molecule has 2 aromatic rings. The smallest absolute Gasteiger partial charge is 0.336 e. The van der Waals surface area contributed by atoms with Gasteiger partial charge in [0.05, 0.1) is 26.4 Å². The number of methoxy groups -OCH3 is 2. The third kappa shape index (κ3) is 4.38. The van der Waals surface area contributed by atoms with E-state index in [-0.39, 0.29) is 18.3 Å². The molecule has 2 unspecified atom stereocenters. The highest BCUT2D eigenvalue weighted by Crippen LogP contribution is 2.46. The average Bonchev–Trinajstić information content (AvgIpc) is 2.83. The van der Waals surface area contributed by atoms with Gasteiger partial charge in [-0.2, -0.15) is 0 Å². The summed E-state index contributed by atoms with van der Waals surface area (Å²) >= 11 is 0. The lowest BCUT2D eigenvalue weighted by atomic mass is 9.71. The molecular weight excluding hydrogens is 418 g/mol. The first-order chi connectivity index (χ1) is 16.0. The topological polar surface area (TPSA) is 73.9 Å². The number of ether oxygens (including phenoxy) is 3. The normalized spacial score (nSPS) is 20.2. The van der Waals surface area contributed by atoms with Crippen molar-refractivity contribution in [1.29, 1.82) is 0 Å². The lowest BCUT2D eigenvalue weighted by molar-refractivity contribution is -0.138. The van der Waals surface area contributed by atoms with E-state index in [1.165, 1.54) is 0 Å². The summed E-state index contributed by atoms with van der Waals surface area (Å²) in [6.07, 6.45) is 1.07. The number of nitrogens with one attached hydrogen (secondary N) is 1. The van der Waals surface area contributed by atoms with E-state index in [9.17, 15) is 9.59 Å². The summed E-state index contributed by atoms with van der Waals surface area (Å²) in [5.41, 5.74) is 4.69. The predicted molar refractivity (Wildman–Crippen MR) is 125 cm³/mol. The van der Waals surface area contributed by atoms with E-state index >= 15 is 0 Å². The van der Waals surface area contributed by atoms with Crippen LogP contribution in [-0.2, 0) is 14.3 Å². The van der Waals surface area contributed by atoms with Gasteiger partial charge < -0.3 is 19.5 Å². The molecule has 0 fully saturated rings. The van der Waals surface area contributed by atoms with Crippen molar-refractivity contribution in [2.45, 2.75) is 38.5 Å². The number of hydrogen-bond donors (Lipinski definition) is 1. The molecular formula is C27H29NO5. The Morgan fingerprint density at radius 2 is 1.52 bits per heavy atom. The molecule has 4 rings (SSSR count). The Labute approximate surface area is 194 Å². The molecule has 1 aliphatic carbocycles. The average molecular weight is 448 g/mol. The molecule has 0 aromatic heterocycles. The molecule has 33 heavy (non-hydrogen) atoms. The summed E-state index contributed by atoms with van der Waals surface area (Å²) in [6.45, 7) is 3.92. The molecule has 0 amide bonds. The van der Waals surface area contributed by atoms with Gasteiger partial charge in [-0.3, -0.25) is 4.79 Å². The first-order valence-electron chi connectivity index (χ1n) is 11.2. The lowest BCUT2D eigenvalue weighted by Gasteiger charge is -2.36. The van der Waals surface area contributed by atoms with E-state index in [0.29, 0.717) is 24.0 Å².